The van der Waals surface area contributed by atoms with E-state index in [4.69, 9.17) is 0 Å². The Labute approximate surface area is 88.5 Å². The average Bonchev–Trinajstić information content (AvgIpc) is 2.15. The largest absolute Gasteiger partial charge is 0.354 e. The second kappa shape index (κ2) is 9.04. The van der Waals surface area contributed by atoms with Gasteiger partial charge in [0.05, 0.1) is 0 Å². The van der Waals surface area contributed by atoms with Gasteiger partial charge in [-0.1, -0.05) is 39.5 Å². The van der Waals surface area contributed by atoms with E-state index in [0.29, 0.717) is 12.5 Å². The molecule has 0 saturated heterocycles. The third-order valence-corrected chi connectivity index (χ3v) is 2.30. The summed E-state index contributed by atoms with van der Waals surface area (Å²) in [6.45, 7) is 8.00. The molecule has 0 aromatic carbocycles. The molecule has 1 atom stereocenters. The van der Waals surface area contributed by atoms with Crippen molar-refractivity contribution in [1.29, 1.82) is 0 Å². The molecular formula is C12H24NO. The Morgan fingerprint density at radius 1 is 1.36 bits per heavy atom. The lowest BCUT2D eigenvalue weighted by Crippen LogP contribution is -2.32. The number of hydrogen-bond donors (Lipinski definition) is 1. The van der Waals surface area contributed by atoms with E-state index in [2.05, 4.69) is 26.1 Å². The summed E-state index contributed by atoms with van der Waals surface area (Å²) in [7, 11) is 0. The van der Waals surface area contributed by atoms with Gasteiger partial charge in [0, 0.05) is 12.5 Å². The second-order valence-electron chi connectivity index (χ2n) is 3.92. The van der Waals surface area contributed by atoms with Crippen molar-refractivity contribution < 1.29 is 4.79 Å². The summed E-state index contributed by atoms with van der Waals surface area (Å²) in [5.74, 6) is 0.204. The Kier molecular flexibility index (Phi) is 8.70. The van der Waals surface area contributed by atoms with Crippen molar-refractivity contribution in [2.45, 2.75) is 64.8 Å². The molecule has 0 aliphatic carbocycles. The highest BCUT2D eigenvalue weighted by molar-refractivity contribution is 5.76. The molecule has 0 aliphatic rings. The molecule has 0 fully saturated rings. The molecule has 0 aliphatic heterocycles. The summed E-state index contributed by atoms with van der Waals surface area (Å²) in [6, 6.07) is 0.311. The average molecular weight is 198 g/mol. The Balaban J connectivity index is 3.40. The van der Waals surface area contributed by atoms with Crippen LogP contribution in [0, 0.1) is 6.92 Å². The SMILES string of the molecule is [CH2]CCCC(C)NC(=O)CCCCC. The minimum Gasteiger partial charge on any atom is -0.354 e. The predicted molar refractivity (Wildman–Crippen MR) is 61.0 cm³/mol. The van der Waals surface area contributed by atoms with Crippen molar-refractivity contribution >= 4 is 5.91 Å². The molecule has 2 nitrogen and oxygen atoms in total. The van der Waals surface area contributed by atoms with Crippen molar-refractivity contribution in [2.24, 2.45) is 0 Å². The van der Waals surface area contributed by atoms with Gasteiger partial charge in [0.25, 0.3) is 0 Å². The maximum atomic E-state index is 11.4. The quantitative estimate of drug-likeness (QED) is 0.597. The fourth-order valence-corrected chi connectivity index (χ4v) is 1.41. The van der Waals surface area contributed by atoms with E-state index in [1.807, 2.05) is 0 Å². The van der Waals surface area contributed by atoms with Crippen molar-refractivity contribution in [3.8, 4) is 0 Å². The molecule has 14 heavy (non-hydrogen) atoms. The minimum atomic E-state index is 0.204. The molecular weight excluding hydrogens is 174 g/mol. The van der Waals surface area contributed by atoms with Crippen LogP contribution in [0.3, 0.4) is 0 Å². The molecule has 1 radical (unpaired) electrons. The molecule has 0 spiro atoms. The number of nitrogens with one attached hydrogen (secondary N) is 1. The standard InChI is InChI=1S/C12H24NO/c1-4-6-8-10-12(14)13-11(3)9-7-5-2/h11H,2,4-10H2,1,3H3,(H,13,14). The first kappa shape index (κ1) is 13.5. The fourth-order valence-electron chi connectivity index (χ4n) is 1.41. The molecule has 0 bridgehead atoms. The highest BCUT2D eigenvalue weighted by Gasteiger charge is 2.05. The van der Waals surface area contributed by atoms with Crippen molar-refractivity contribution in [3.63, 3.8) is 0 Å². The number of rotatable bonds is 8. The molecule has 83 valence electrons. The van der Waals surface area contributed by atoms with E-state index in [1.54, 1.807) is 0 Å². The van der Waals surface area contributed by atoms with Crippen LogP contribution in [-0.4, -0.2) is 11.9 Å². The van der Waals surface area contributed by atoms with Gasteiger partial charge in [0.15, 0.2) is 0 Å². The normalized spacial score (nSPS) is 12.5. The third kappa shape index (κ3) is 8.09. The Hall–Kier alpha value is -0.530. The maximum Gasteiger partial charge on any atom is 0.220 e. The lowest BCUT2D eigenvalue weighted by molar-refractivity contribution is -0.121. The van der Waals surface area contributed by atoms with Crippen LogP contribution in [0.1, 0.15) is 58.8 Å². The van der Waals surface area contributed by atoms with Gasteiger partial charge in [-0.15, -0.1) is 0 Å². The lowest BCUT2D eigenvalue weighted by Gasteiger charge is -2.12. The van der Waals surface area contributed by atoms with Crippen LogP contribution < -0.4 is 5.32 Å². The highest BCUT2D eigenvalue weighted by Crippen LogP contribution is 2.02. The molecule has 2 heteroatoms. The van der Waals surface area contributed by atoms with Crippen molar-refractivity contribution in [1.82, 2.24) is 5.32 Å². The summed E-state index contributed by atoms with van der Waals surface area (Å²) in [5, 5.41) is 3.01. The van der Waals surface area contributed by atoms with Gasteiger partial charge in [0.1, 0.15) is 0 Å². The van der Waals surface area contributed by atoms with Crippen LogP contribution in [-0.2, 0) is 4.79 Å². The van der Waals surface area contributed by atoms with Crippen molar-refractivity contribution in [3.05, 3.63) is 6.92 Å². The molecule has 1 N–H and O–H groups in total. The molecule has 0 aromatic heterocycles. The first-order chi connectivity index (χ1) is 6.70. The minimum absolute atomic E-state index is 0.204. The van der Waals surface area contributed by atoms with E-state index in [-0.39, 0.29) is 5.91 Å². The van der Waals surface area contributed by atoms with Gasteiger partial charge in [-0.05, 0) is 19.8 Å². The van der Waals surface area contributed by atoms with E-state index < -0.39 is 0 Å². The van der Waals surface area contributed by atoms with E-state index >= 15 is 0 Å². The van der Waals surface area contributed by atoms with Gasteiger partial charge in [-0.2, -0.15) is 0 Å². The van der Waals surface area contributed by atoms with E-state index in [0.717, 1.165) is 32.1 Å². The summed E-state index contributed by atoms with van der Waals surface area (Å²) in [4.78, 5) is 11.4. The zero-order valence-electron chi connectivity index (χ0n) is 9.64. The van der Waals surface area contributed by atoms with E-state index in [9.17, 15) is 4.79 Å². The lowest BCUT2D eigenvalue weighted by atomic mass is 10.1. The van der Waals surface area contributed by atoms with Gasteiger partial charge >= 0.3 is 0 Å². The zero-order chi connectivity index (χ0) is 10.8. The molecule has 0 saturated carbocycles. The van der Waals surface area contributed by atoms with Crippen LogP contribution in [0.15, 0.2) is 0 Å². The first-order valence-corrected chi connectivity index (χ1v) is 5.79. The number of hydrogen-bond acceptors (Lipinski definition) is 1. The smallest absolute Gasteiger partial charge is 0.220 e. The number of carbonyl (C=O) groups excluding carboxylic acids is 1. The maximum absolute atomic E-state index is 11.4. The van der Waals surface area contributed by atoms with Crippen LogP contribution in [0.5, 0.6) is 0 Å². The Bertz CT molecular complexity index is 145. The van der Waals surface area contributed by atoms with Crippen LogP contribution in [0.2, 0.25) is 0 Å². The van der Waals surface area contributed by atoms with Gasteiger partial charge < -0.3 is 5.32 Å². The molecule has 0 aromatic rings. The van der Waals surface area contributed by atoms with Crippen LogP contribution in [0.25, 0.3) is 0 Å². The predicted octanol–water partition coefficient (Wildman–Crippen LogP) is 3.08. The van der Waals surface area contributed by atoms with Gasteiger partial charge in [-0.3, -0.25) is 4.79 Å². The van der Waals surface area contributed by atoms with E-state index in [1.165, 1.54) is 6.42 Å². The molecule has 0 heterocycles. The highest BCUT2D eigenvalue weighted by atomic mass is 16.1. The van der Waals surface area contributed by atoms with Crippen LogP contribution >= 0.6 is 0 Å². The second-order valence-corrected chi connectivity index (χ2v) is 3.92. The zero-order valence-corrected chi connectivity index (χ0v) is 9.64. The third-order valence-electron chi connectivity index (χ3n) is 2.30. The van der Waals surface area contributed by atoms with Crippen LogP contribution in [0.4, 0.5) is 0 Å². The topological polar surface area (TPSA) is 29.1 Å². The Morgan fingerprint density at radius 3 is 2.64 bits per heavy atom. The van der Waals surface area contributed by atoms with Crippen molar-refractivity contribution in [2.75, 3.05) is 0 Å². The first-order valence-electron chi connectivity index (χ1n) is 5.79. The molecule has 1 unspecified atom stereocenters. The monoisotopic (exact) mass is 198 g/mol. The molecule has 1 amide bonds. The number of unbranched alkanes of at least 4 members (excludes halogenated alkanes) is 3. The fraction of sp³-hybridized carbons (Fsp3) is 0.833. The summed E-state index contributed by atoms with van der Waals surface area (Å²) >= 11 is 0. The van der Waals surface area contributed by atoms with Gasteiger partial charge in [0.2, 0.25) is 5.91 Å². The summed E-state index contributed by atoms with van der Waals surface area (Å²) in [5.41, 5.74) is 0. The Morgan fingerprint density at radius 2 is 2.07 bits per heavy atom. The summed E-state index contributed by atoms with van der Waals surface area (Å²) < 4.78 is 0. The summed E-state index contributed by atoms with van der Waals surface area (Å²) in [6.07, 6.45) is 7.12. The van der Waals surface area contributed by atoms with Gasteiger partial charge in [-0.25, -0.2) is 0 Å². The molecule has 0 rings (SSSR count). The number of carbonyl (C=O) groups is 1. The number of amides is 1.